The van der Waals surface area contributed by atoms with E-state index >= 15 is 0 Å². The minimum absolute atomic E-state index is 0.392. The summed E-state index contributed by atoms with van der Waals surface area (Å²) in [5.74, 6) is 0. The van der Waals surface area contributed by atoms with E-state index in [4.69, 9.17) is 0 Å². The van der Waals surface area contributed by atoms with Crippen LogP contribution in [0.25, 0.3) is 0 Å². The number of carbonyl (C=O) groups is 1. The Morgan fingerprint density at radius 3 is 2.58 bits per heavy atom. The number of nitrogens with zero attached hydrogens (tertiary/aromatic N) is 1. The zero-order chi connectivity index (χ0) is 8.81. The molecular weight excluding hydrogens is 154 g/mol. The number of amides is 2. The number of para-hydroxylation sites is 1. The van der Waals surface area contributed by atoms with Gasteiger partial charge in [0.25, 0.3) is 0 Å². The fourth-order valence-electron chi connectivity index (χ4n) is 0.752. The van der Waals surface area contributed by atoms with Crippen LogP contribution in [-0.4, -0.2) is 12.7 Å². The molecule has 62 valence electrons. The molecule has 0 heterocycles. The van der Waals surface area contributed by atoms with Crippen molar-refractivity contribution in [3.8, 4) is 0 Å². The molecule has 0 saturated heterocycles. The third-order valence-corrected chi connectivity index (χ3v) is 1.21. The fraction of sp³-hybridized carbons (Fsp3) is 0. The first-order chi connectivity index (χ1) is 5.83. The lowest BCUT2D eigenvalue weighted by Crippen LogP contribution is -2.23. The van der Waals surface area contributed by atoms with Crippen molar-refractivity contribution in [2.24, 2.45) is 5.10 Å². The van der Waals surface area contributed by atoms with Crippen molar-refractivity contribution < 1.29 is 4.79 Å². The summed E-state index contributed by atoms with van der Waals surface area (Å²) >= 11 is 0. The van der Waals surface area contributed by atoms with Crippen LogP contribution in [0.1, 0.15) is 0 Å². The number of anilines is 1. The molecule has 0 unspecified atom stereocenters. The van der Waals surface area contributed by atoms with E-state index in [9.17, 15) is 4.79 Å². The van der Waals surface area contributed by atoms with Crippen molar-refractivity contribution >= 4 is 18.4 Å². The van der Waals surface area contributed by atoms with Crippen LogP contribution in [0.3, 0.4) is 0 Å². The van der Waals surface area contributed by atoms with Gasteiger partial charge in [0, 0.05) is 12.4 Å². The van der Waals surface area contributed by atoms with Gasteiger partial charge in [-0.3, -0.25) is 0 Å². The topological polar surface area (TPSA) is 53.5 Å². The Hall–Kier alpha value is -1.84. The van der Waals surface area contributed by atoms with E-state index in [2.05, 4.69) is 22.6 Å². The first-order valence-corrected chi connectivity index (χ1v) is 3.40. The normalized spacial score (nSPS) is 8.67. The number of benzene rings is 1. The molecular formula is C8H9N3O. The predicted molar refractivity (Wildman–Crippen MR) is 48.1 cm³/mol. The fourth-order valence-corrected chi connectivity index (χ4v) is 0.752. The monoisotopic (exact) mass is 163 g/mol. The van der Waals surface area contributed by atoms with Gasteiger partial charge in [0.2, 0.25) is 0 Å². The van der Waals surface area contributed by atoms with Crippen LogP contribution in [0, 0.1) is 0 Å². The van der Waals surface area contributed by atoms with E-state index < -0.39 is 6.03 Å². The maximum absolute atomic E-state index is 10.9. The molecule has 0 saturated carbocycles. The Morgan fingerprint density at radius 1 is 1.33 bits per heavy atom. The third kappa shape index (κ3) is 2.42. The smallest absolute Gasteiger partial charge is 0.307 e. The summed E-state index contributed by atoms with van der Waals surface area (Å²) in [6.07, 6.45) is 0. The van der Waals surface area contributed by atoms with Crippen molar-refractivity contribution in [1.29, 1.82) is 0 Å². The average Bonchev–Trinajstić information content (AvgIpc) is 2.06. The quantitative estimate of drug-likeness (QED) is 0.502. The second kappa shape index (κ2) is 4.12. The standard InChI is InChI=1S/C8H9N3O/c1-9-11-8(12)10-7-5-3-2-4-6-7/h2-6H,1H2,(H2,10,11,12). The van der Waals surface area contributed by atoms with Crippen LogP contribution < -0.4 is 10.7 Å². The molecule has 0 atom stereocenters. The predicted octanol–water partition coefficient (Wildman–Crippen LogP) is 1.42. The summed E-state index contributed by atoms with van der Waals surface area (Å²) in [7, 11) is 0. The summed E-state index contributed by atoms with van der Waals surface area (Å²) in [6.45, 7) is 3.12. The molecule has 1 aromatic rings. The molecule has 0 spiro atoms. The highest BCUT2D eigenvalue weighted by Gasteiger charge is 1.96. The van der Waals surface area contributed by atoms with E-state index in [0.29, 0.717) is 0 Å². The minimum atomic E-state index is -0.392. The first-order valence-electron chi connectivity index (χ1n) is 3.40. The van der Waals surface area contributed by atoms with Crippen LogP contribution in [0.2, 0.25) is 0 Å². The molecule has 2 amide bonds. The number of hydrogen-bond donors (Lipinski definition) is 2. The van der Waals surface area contributed by atoms with E-state index in [1.54, 1.807) is 12.1 Å². The van der Waals surface area contributed by atoms with Crippen LogP contribution >= 0.6 is 0 Å². The first kappa shape index (κ1) is 8.26. The van der Waals surface area contributed by atoms with E-state index in [0.717, 1.165) is 5.69 Å². The number of hydrogen-bond acceptors (Lipinski definition) is 2. The lowest BCUT2D eigenvalue weighted by atomic mass is 10.3. The van der Waals surface area contributed by atoms with Crippen LogP contribution in [0.5, 0.6) is 0 Å². The van der Waals surface area contributed by atoms with Crippen LogP contribution in [0.15, 0.2) is 35.4 Å². The Labute approximate surface area is 70.3 Å². The molecule has 4 nitrogen and oxygen atoms in total. The van der Waals surface area contributed by atoms with Gasteiger partial charge >= 0.3 is 6.03 Å². The molecule has 0 aromatic heterocycles. The van der Waals surface area contributed by atoms with Gasteiger partial charge in [-0.15, -0.1) is 0 Å². The molecule has 2 N–H and O–H groups in total. The number of urea groups is 1. The second-order valence-electron chi connectivity index (χ2n) is 2.09. The second-order valence-corrected chi connectivity index (χ2v) is 2.09. The molecule has 1 rings (SSSR count). The Kier molecular flexibility index (Phi) is 2.84. The van der Waals surface area contributed by atoms with Gasteiger partial charge in [-0.1, -0.05) is 18.2 Å². The molecule has 0 bridgehead atoms. The van der Waals surface area contributed by atoms with Crippen LogP contribution in [0.4, 0.5) is 10.5 Å². The third-order valence-electron chi connectivity index (χ3n) is 1.21. The van der Waals surface area contributed by atoms with E-state index in [1.807, 2.05) is 18.2 Å². The zero-order valence-electron chi connectivity index (χ0n) is 6.45. The largest absolute Gasteiger partial charge is 0.339 e. The Bertz CT molecular complexity index is 271. The van der Waals surface area contributed by atoms with Gasteiger partial charge in [-0.25, -0.2) is 10.2 Å². The maximum Gasteiger partial charge on any atom is 0.339 e. The molecule has 0 aliphatic rings. The van der Waals surface area contributed by atoms with Gasteiger partial charge in [-0.05, 0) is 12.1 Å². The van der Waals surface area contributed by atoms with Gasteiger partial charge in [0.1, 0.15) is 0 Å². The van der Waals surface area contributed by atoms with Crippen molar-refractivity contribution in [3.05, 3.63) is 30.3 Å². The number of carbonyl (C=O) groups excluding carboxylic acids is 1. The number of hydrazone groups is 1. The van der Waals surface area contributed by atoms with E-state index in [-0.39, 0.29) is 0 Å². The molecule has 1 aromatic carbocycles. The van der Waals surface area contributed by atoms with E-state index in [1.165, 1.54) is 0 Å². The van der Waals surface area contributed by atoms with Gasteiger partial charge < -0.3 is 5.32 Å². The van der Waals surface area contributed by atoms with Gasteiger partial charge in [-0.2, -0.15) is 5.10 Å². The lowest BCUT2D eigenvalue weighted by molar-refractivity contribution is 0.252. The Balaban J connectivity index is 2.52. The van der Waals surface area contributed by atoms with Crippen molar-refractivity contribution in [2.45, 2.75) is 0 Å². The summed E-state index contributed by atoms with van der Waals surface area (Å²) in [4.78, 5) is 10.9. The SMILES string of the molecule is C=NNC(=O)Nc1ccccc1. The summed E-state index contributed by atoms with van der Waals surface area (Å²) in [6, 6.07) is 8.70. The summed E-state index contributed by atoms with van der Waals surface area (Å²) < 4.78 is 0. The highest BCUT2D eigenvalue weighted by atomic mass is 16.2. The molecule has 0 radical (unpaired) electrons. The van der Waals surface area contributed by atoms with Crippen molar-refractivity contribution in [3.63, 3.8) is 0 Å². The summed E-state index contributed by atoms with van der Waals surface area (Å²) in [5.41, 5.74) is 2.88. The van der Waals surface area contributed by atoms with Crippen molar-refractivity contribution in [2.75, 3.05) is 5.32 Å². The van der Waals surface area contributed by atoms with Gasteiger partial charge in [0.15, 0.2) is 0 Å². The lowest BCUT2D eigenvalue weighted by Gasteiger charge is -2.01. The zero-order valence-corrected chi connectivity index (χ0v) is 6.45. The number of rotatable bonds is 2. The average molecular weight is 163 g/mol. The summed E-state index contributed by atoms with van der Waals surface area (Å²) in [5, 5.41) is 5.78. The maximum atomic E-state index is 10.9. The molecule has 0 aliphatic carbocycles. The molecule has 4 heteroatoms. The Morgan fingerprint density at radius 2 is 2.00 bits per heavy atom. The minimum Gasteiger partial charge on any atom is -0.307 e. The molecule has 0 aliphatic heterocycles. The highest BCUT2D eigenvalue weighted by molar-refractivity contribution is 5.89. The van der Waals surface area contributed by atoms with Gasteiger partial charge in [0.05, 0.1) is 0 Å². The number of nitrogens with one attached hydrogen (secondary N) is 2. The molecule has 12 heavy (non-hydrogen) atoms. The van der Waals surface area contributed by atoms with Crippen LogP contribution in [-0.2, 0) is 0 Å². The molecule has 0 fully saturated rings. The highest BCUT2D eigenvalue weighted by Crippen LogP contribution is 2.03. The van der Waals surface area contributed by atoms with Crippen molar-refractivity contribution in [1.82, 2.24) is 5.43 Å².